The third-order valence-corrected chi connectivity index (χ3v) is 4.50. The van der Waals surface area contributed by atoms with Crippen molar-refractivity contribution in [2.75, 3.05) is 6.54 Å². The summed E-state index contributed by atoms with van der Waals surface area (Å²) in [6.07, 6.45) is 3.48. The Balaban J connectivity index is 2.03. The molecular formula is C16H19ClN2S. The van der Waals surface area contributed by atoms with Gasteiger partial charge in [-0.15, -0.1) is 11.8 Å². The number of hydrogen-bond donors (Lipinski definition) is 1. The summed E-state index contributed by atoms with van der Waals surface area (Å²) in [6, 6.07) is 11.0. The van der Waals surface area contributed by atoms with Crippen LogP contribution in [0.1, 0.15) is 31.0 Å². The molecule has 2 nitrogen and oxygen atoms in total. The minimum Gasteiger partial charge on any atom is -0.310 e. The highest BCUT2D eigenvalue weighted by Gasteiger charge is 2.05. The van der Waals surface area contributed by atoms with Gasteiger partial charge in [-0.1, -0.05) is 30.7 Å². The lowest BCUT2D eigenvalue weighted by Crippen LogP contribution is -2.17. The van der Waals surface area contributed by atoms with Crippen molar-refractivity contribution in [3.63, 3.8) is 0 Å². The second-order valence-electron chi connectivity index (χ2n) is 4.61. The zero-order chi connectivity index (χ0) is 14.4. The number of pyridine rings is 1. The van der Waals surface area contributed by atoms with E-state index in [1.54, 1.807) is 24.2 Å². The van der Waals surface area contributed by atoms with Crippen molar-refractivity contribution in [3.05, 3.63) is 58.9 Å². The van der Waals surface area contributed by atoms with Crippen LogP contribution in [-0.4, -0.2) is 11.5 Å². The Hall–Kier alpha value is -1.03. The molecule has 0 aliphatic rings. The first kappa shape index (κ1) is 15.4. The zero-order valence-corrected chi connectivity index (χ0v) is 13.3. The van der Waals surface area contributed by atoms with Crippen molar-refractivity contribution < 1.29 is 0 Å². The van der Waals surface area contributed by atoms with Gasteiger partial charge in [-0.25, -0.2) is 0 Å². The Morgan fingerprint density at radius 3 is 2.95 bits per heavy atom. The van der Waals surface area contributed by atoms with E-state index in [4.69, 9.17) is 11.6 Å². The number of nitrogens with one attached hydrogen (secondary N) is 1. The third kappa shape index (κ3) is 4.23. The van der Waals surface area contributed by atoms with Gasteiger partial charge in [0.05, 0.1) is 5.02 Å². The molecule has 1 heterocycles. The van der Waals surface area contributed by atoms with Gasteiger partial charge in [0.25, 0.3) is 0 Å². The van der Waals surface area contributed by atoms with E-state index in [1.165, 1.54) is 10.5 Å². The molecule has 106 valence electrons. The van der Waals surface area contributed by atoms with E-state index in [0.717, 1.165) is 22.9 Å². The molecule has 0 saturated heterocycles. The number of aromatic nitrogens is 1. The van der Waals surface area contributed by atoms with Gasteiger partial charge in [0.15, 0.2) is 0 Å². The molecule has 0 radical (unpaired) electrons. The van der Waals surface area contributed by atoms with E-state index in [9.17, 15) is 0 Å². The summed E-state index contributed by atoms with van der Waals surface area (Å²) in [6.45, 7) is 5.29. The molecule has 0 bridgehead atoms. The molecule has 0 aliphatic carbocycles. The van der Waals surface area contributed by atoms with Crippen molar-refractivity contribution in [2.24, 2.45) is 0 Å². The largest absolute Gasteiger partial charge is 0.310 e. The highest BCUT2D eigenvalue weighted by Crippen LogP contribution is 2.27. The second-order valence-corrected chi connectivity index (χ2v) is 6.06. The number of rotatable bonds is 6. The molecule has 4 heteroatoms. The van der Waals surface area contributed by atoms with Crippen molar-refractivity contribution in [1.82, 2.24) is 10.3 Å². The number of halogens is 1. The van der Waals surface area contributed by atoms with Gasteiger partial charge in [0.2, 0.25) is 0 Å². The van der Waals surface area contributed by atoms with Gasteiger partial charge in [-0.3, -0.25) is 4.98 Å². The molecule has 1 aromatic heterocycles. The highest BCUT2D eigenvalue weighted by molar-refractivity contribution is 7.98. The van der Waals surface area contributed by atoms with Crippen molar-refractivity contribution in [2.45, 2.75) is 30.5 Å². The van der Waals surface area contributed by atoms with Crippen LogP contribution in [0.3, 0.4) is 0 Å². The van der Waals surface area contributed by atoms with Crippen LogP contribution in [0.15, 0.2) is 47.6 Å². The van der Waals surface area contributed by atoms with Crippen LogP contribution in [0.4, 0.5) is 0 Å². The molecular weight excluding hydrogens is 288 g/mol. The minimum absolute atomic E-state index is 0.380. The summed E-state index contributed by atoms with van der Waals surface area (Å²) in [5.41, 5.74) is 2.44. The maximum atomic E-state index is 6.13. The Morgan fingerprint density at radius 1 is 1.35 bits per heavy atom. The molecule has 2 aromatic rings. The van der Waals surface area contributed by atoms with Crippen molar-refractivity contribution in [1.29, 1.82) is 0 Å². The lowest BCUT2D eigenvalue weighted by Gasteiger charge is -2.13. The van der Waals surface area contributed by atoms with Crippen LogP contribution in [0.25, 0.3) is 0 Å². The zero-order valence-electron chi connectivity index (χ0n) is 11.8. The van der Waals surface area contributed by atoms with E-state index in [1.807, 2.05) is 6.07 Å². The third-order valence-electron chi connectivity index (χ3n) is 3.12. The normalized spacial score (nSPS) is 12.3. The highest BCUT2D eigenvalue weighted by atomic mass is 35.5. The first-order chi connectivity index (χ1) is 9.70. The molecule has 0 spiro atoms. The summed E-state index contributed by atoms with van der Waals surface area (Å²) in [5.74, 6) is 0.862. The smallest absolute Gasteiger partial charge is 0.0629 e. The molecule has 1 aromatic carbocycles. The Morgan fingerprint density at radius 2 is 2.20 bits per heavy atom. The van der Waals surface area contributed by atoms with Crippen LogP contribution in [0.5, 0.6) is 0 Å². The fraction of sp³-hybridized carbons (Fsp3) is 0.312. The molecule has 20 heavy (non-hydrogen) atoms. The Kier molecular flexibility index (Phi) is 5.89. The van der Waals surface area contributed by atoms with Crippen LogP contribution in [-0.2, 0) is 5.75 Å². The van der Waals surface area contributed by atoms with E-state index in [-0.39, 0.29) is 0 Å². The van der Waals surface area contributed by atoms with Crippen LogP contribution >= 0.6 is 23.4 Å². The molecule has 0 amide bonds. The quantitative estimate of drug-likeness (QED) is 0.783. The Labute approximate surface area is 130 Å². The maximum Gasteiger partial charge on any atom is 0.0629 e. The average Bonchev–Trinajstić information content (AvgIpc) is 2.47. The maximum absolute atomic E-state index is 6.13. The first-order valence-electron chi connectivity index (χ1n) is 6.75. The van der Waals surface area contributed by atoms with Crippen molar-refractivity contribution >= 4 is 23.4 Å². The lowest BCUT2D eigenvalue weighted by molar-refractivity contribution is 0.597. The van der Waals surface area contributed by atoms with Gasteiger partial charge < -0.3 is 5.32 Å². The van der Waals surface area contributed by atoms with Gasteiger partial charge in [-0.2, -0.15) is 0 Å². The second kappa shape index (κ2) is 7.67. The average molecular weight is 307 g/mol. The van der Waals surface area contributed by atoms with E-state index in [2.05, 4.69) is 48.4 Å². The first-order valence-corrected chi connectivity index (χ1v) is 8.11. The SMILES string of the molecule is CCNC(C)c1cccc(SCc2ccncc2Cl)c1. The van der Waals surface area contributed by atoms with Gasteiger partial charge in [0.1, 0.15) is 0 Å². The van der Waals surface area contributed by atoms with Crippen LogP contribution in [0, 0.1) is 0 Å². The number of hydrogen-bond acceptors (Lipinski definition) is 3. The molecule has 2 rings (SSSR count). The Bertz CT molecular complexity index is 560. The van der Waals surface area contributed by atoms with E-state index >= 15 is 0 Å². The van der Waals surface area contributed by atoms with Crippen LogP contribution in [0.2, 0.25) is 5.02 Å². The molecule has 1 N–H and O–H groups in total. The number of nitrogens with zero attached hydrogens (tertiary/aromatic N) is 1. The summed E-state index contributed by atoms with van der Waals surface area (Å²) >= 11 is 7.92. The minimum atomic E-state index is 0.380. The van der Waals surface area contributed by atoms with Crippen molar-refractivity contribution in [3.8, 4) is 0 Å². The predicted molar refractivity (Wildman–Crippen MR) is 87.3 cm³/mol. The fourth-order valence-corrected chi connectivity index (χ4v) is 3.21. The summed E-state index contributed by atoms with van der Waals surface area (Å²) in [7, 11) is 0. The molecule has 1 unspecified atom stereocenters. The van der Waals surface area contributed by atoms with Crippen LogP contribution < -0.4 is 5.32 Å². The van der Waals surface area contributed by atoms with E-state index < -0.39 is 0 Å². The predicted octanol–water partition coefficient (Wildman–Crippen LogP) is 4.70. The monoisotopic (exact) mass is 306 g/mol. The number of thioether (sulfide) groups is 1. The molecule has 0 aliphatic heterocycles. The summed E-state index contributed by atoms with van der Waals surface area (Å²) < 4.78 is 0. The fourth-order valence-electron chi connectivity index (χ4n) is 1.98. The van der Waals surface area contributed by atoms with Gasteiger partial charge in [0, 0.05) is 29.1 Å². The molecule has 1 atom stereocenters. The van der Waals surface area contributed by atoms with Gasteiger partial charge >= 0.3 is 0 Å². The standard InChI is InChI=1S/C16H19ClN2S/c1-3-19-12(2)13-5-4-6-15(9-13)20-11-14-7-8-18-10-16(14)17/h4-10,12,19H,3,11H2,1-2H3. The topological polar surface area (TPSA) is 24.9 Å². The summed E-state index contributed by atoms with van der Waals surface area (Å²) in [5, 5.41) is 4.17. The molecule has 0 saturated carbocycles. The molecule has 0 fully saturated rings. The summed E-state index contributed by atoms with van der Waals surface area (Å²) in [4.78, 5) is 5.27. The van der Waals surface area contributed by atoms with Gasteiger partial charge in [-0.05, 0) is 42.8 Å². The van der Waals surface area contributed by atoms with E-state index in [0.29, 0.717) is 6.04 Å². The lowest BCUT2D eigenvalue weighted by atomic mass is 10.1. The number of benzene rings is 1.